The molecule has 0 aliphatic heterocycles. The van der Waals surface area contributed by atoms with Crippen LogP contribution in [0.1, 0.15) is 65.2 Å². The van der Waals surface area contributed by atoms with E-state index < -0.39 is 0 Å². The molecule has 0 heterocycles. The van der Waals surface area contributed by atoms with Crippen LogP contribution in [0.3, 0.4) is 0 Å². The van der Waals surface area contributed by atoms with Crippen LogP contribution in [0.5, 0.6) is 0 Å². The van der Waals surface area contributed by atoms with E-state index in [1.54, 1.807) is 0 Å². The van der Waals surface area contributed by atoms with E-state index >= 15 is 0 Å². The van der Waals surface area contributed by atoms with Gasteiger partial charge >= 0.3 is 0 Å². The van der Waals surface area contributed by atoms with Crippen molar-refractivity contribution in [3.63, 3.8) is 0 Å². The molecule has 0 saturated heterocycles. The molecule has 94 valence electrons. The second-order valence-corrected chi connectivity index (χ2v) is 4.84. The molecule has 1 unspecified atom stereocenters. The number of hydrogen-bond acceptors (Lipinski definition) is 2. The Morgan fingerprint density at radius 2 is 1.88 bits per heavy atom. The lowest BCUT2D eigenvalue weighted by atomic mass is 10.0. The Labute approximate surface area is 99.8 Å². The van der Waals surface area contributed by atoms with Crippen LogP contribution in [-0.2, 0) is 9.53 Å². The Morgan fingerprint density at radius 1 is 1.19 bits per heavy atom. The van der Waals surface area contributed by atoms with Gasteiger partial charge in [0, 0.05) is 13.0 Å². The van der Waals surface area contributed by atoms with Gasteiger partial charge in [0.2, 0.25) is 0 Å². The van der Waals surface area contributed by atoms with Crippen LogP contribution in [0.4, 0.5) is 0 Å². The molecule has 1 atom stereocenters. The number of hydrogen-bond donors (Lipinski definition) is 0. The topological polar surface area (TPSA) is 26.3 Å². The van der Waals surface area contributed by atoms with E-state index in [0.29, 0.717) is 18.3 Å². The smallest absolute Gasteiger partial charge is 0.161 e. The predicted molar refractivity (Wildman–Crippen MR) is 66.5 cm³/mol. The maximum absolute atomic E-state index is 11.9. The highest BCUT2D eigenvalue weighted by Crippen LogP contribution is 2.35. The van der Waals surface area contributed by atoms with Crippen molar-refractivity contribution in [1.29, 1.82) is 0 Å². The maximum Gasteiger partial charge on any atom is 0.161 e. The summed E-state index contributed by atoms with van der Waals surface area (Å²) in [5.74, 6) is 0.893. The van der Waals surface area contributed by atoms with E-state index in [1.807, 2.05) is 6.92 Å². The van der Waals surface area contributed by atoms with Gasteiger partial charge in [0.1, 0.15) is 6.10 Å². The number of Topliss-reactive ketones (excluding diaryl/α,β-unsaturated/α-hetero) is 1. The van der Waals surface area contributed by atoms with Crippen LogP contribution < -0.4 is 0 Å². The number of unbranched alkanes of at least 4 members (excludes halogenated alkanes) is 4. The van der Waals surface area contributed by atoms with E-state index in [9.17, 15) is 4.79 Å². The van der Waals surface area contributed by atoms with Gasteiger partial charge in [-0.1, -0.05) is 32.6 Å². The highest BCUT2D eigenvalue weighted by Gasteiger charge is 2.35. The van der Waals surface area contributed by atoms with Crippen LogP contribution >= 0.6 is 0 Å². The van der Waals surface area contributed by atoms with Crippen LogP contribution in [0.2, 0.25) is 0 Å². The first-order chi connectivity index (χ1) is 7.79. The number of rotatable bonds is 10. The SMILES string of the molecule is CCCCCCCC(=O)C(OCC)C1CC1. The normalized spacial score (nSPS) is 17.4. The monoisotopic (exact) mass is 226 g/mol. The van der Waals surface area contributed by atoms with E-state index in [1.165, 1.54) is 38.5 Å². The molecule has 1 fully saturated rings. The van der Waals surface area contributed by atoms with Crippen molar-refractivity contribution >= 4 is 5.78 Å². The fourth-order valence-electron chi connectivity index (χ4n) is 2.12. The fraction of sp³-hybridized carbons (Fsp3) is 0.929. The van der Waals surface area contributed by atoms with Crippen molar-refractivity contribution in [2.45, 2.75) is 71.3 Å². The van der Waals surface area contributed by atoms with Gasteiger partial charge in [-0.15, -0.1) is 0 Å². The van der Waals surface area contributed by atoms with Crippen molar-refractivity contribution in [3.05, 3.63) is 0 Å². The molecular weight excluding hydrogens is 200 g/mol. The maximum atomic E-state index is 11.9. The Bertz CT molecular complexity index is 197. The number of ether oxygens (including phenoxy) is 1. The molecule has 0 bridgehead atoms. The third-order valence-electron chi connectivity index (χ3n) is 3.24. The zero-order chi connectivity index (χ0) is 11.8. The minimum atomic E-state index is -0.0730. The van der Waals surface area contributed by atoms with Crippen LogP contribution in [0.15, 0.2) is 0 Å². The van der Waals surface area contributed by atoms with Crippen molar-refractivity contribution in [3.8, 4) is 0 Å². The zero-order valence-electron chi connectivity index (χ0n) is 10.8. The summed E-state index contributed by atoms with van der Waals surface area (Å²) in [6.07, 6.45) is 9.10. The molecule has 1 saturated carbocycles. The first-order valence-corrected chi connectivity index (χ1v) is 6.93. The molecular formula is C14H26O2. The molecule has 0 radical (unpaired) electrons. The molecule has 2 nitrogen and oxygen atoms in total. The van der Waals surface area contributed by atoms with Crippen molar-refractivity contribution < 1.29 is 9.53 Å². The highest BCUT2D eigenvalue weighted by molar-refractivity contribution is 5.83. The zero-order valence-corrected chi connectivity index (χ0v) is 10.8. The lowest BCUT2D eigenvalue weighted by Crippen LogP contribution is -2.26. The summed E-state index contributed by atoms with van der Waals surface area (Å²) in [6, 6.07) is 0. The summed E-state index contributed by atoms with van der Waals surface area (Å²) in [6.45, 7) is 4.86. The van der Waals surface area contributed by atoms with Crippen LogP contribution in [0.25, 0.3) is 0 Å². The standard InChI is InChI=1S/C14H26O2/c1-3-5-6-7-8-9-13(15)14(16-4-2)12-10-11-12/h12,14H,3-11H2,1-2H3. The number of carbonyl (C=O) groups excluding carboxylic acids is 1. The average molecular weight is 226 g/mol. The largest absolute Gasteiger partial charge is 0.370 e. The van der Waals surface area contributed by atoms with E-state index in [2.05, 4.69) is 6.92 Å². The second kappa shape index (κ2) is 7.83. The fourth-order valence-corrected chi connectivity index (χ4v) is 2.12. The van der Waals surface area contributed by atoms with Gasteiger partial charge < -0.3 is 4.74 Å². The van der Waals surface area contributed by atoms with E-state index in [0.717, 1.165) is 12.8 Å². The molecule has 0 N–H and O–H groups in total. The van der Waals surface area contributed by atoms with E-state index in [-0.39, 0.29) is 6.10 Å². The third kappa shape index (κ3) is 5.11. The Morgan fingerprint density at radius 3 is 2.44 bits per heavy atom. The molecule has 0 spiro atoms. The summed E-state index contributed by atoms with van der Waals surface area (Å²) in [5.41, 5.74) is 0. The molecule has 1 aliphatic rings. The molecule has 1 rings (SSSR count). The third-order valence-corrected chi connectivity index (χ3v) is 3.24. The molecule has 2 heteroatoms. The van der Waals surface area contributed by atoms with Gasteiger partial charge in [0.05, 0.1) is 0 Å². The summed E-state index contributed by atoms with van der Waals surface area (Å²) in [4.78, 5) is 11.9. The van der Waals surface area contributed by atoms with Crippen molar-refractivity contribution in [1.82, 2.24) is 0 Å². The lowest BCUT2D eigenvalue weighted by molar-refractivity contribution is -0.131. The first-order valence-electron chi connectivity index (χ1n) is 6.93. The molecule has 0 aromatic heterocycles. The Balaban J connectivity index is 2.11. The molecule has 0 aromatic rings. The predicted octanol–water partition coefficient (Wildman–Crippen LogP) is 3.73. The van der Waals surface area contributed by atoms with Gasteiger partial charge in [-0.25, -0.2) is 0 Å². The van der Waals surface area contributed by atoms with Crippen molar-refractivity contribution in [2.24, 2.45) is 5.92 Å². The minimum absolute atomic E-state index is 0.0730. The lowest BCUT2D eigenvalue weighted by Gasteiger charge is -2.14. The van der Waals surface area contributed by atoms with Crippen molar-refractivity contribution in [2.75, 3.05) is 6.61 Å². The average Bonchev–Trinajstić information content (AvgIpc) is 3.09. The summed E-state index contributed by atoms with van der Waals surface area (Å²) < 4.78 is 5.56. The number of ketones is 1. The first kappa shape index (κ1) is 13.7. The Kier molecular flexibility index (Phi) is 6.70. The Hall–Kier alpha value is -0.370. The van der Waals surface area contributed by atoms with Gasteiger partial charge in [0.25, 0.3) is 0 Å². The van der Waals surface area contributed by atoms with Gasteiger partial charge in [-0.05, 0) is 32.1 Å². The summed E-state index contributed by atoms with van der Waals surface area (Å²) >= 11 is 0. The molecule has 0 aromatic carbocycles. The van der Waals surface area contributed by atoms with Crippen LogP contribution in [0, 0.1) is 5.92 Å². The van der Waals surface area contributed by atoms with Gasteiger partial charge in [0.15, 0.2) is 5.78 Å². The summed E-state index contributed by atoms with van der Waals surface area (Å²) in [7, 11) is 0. The van der Waals surface area contributed by atoms with Gasteiger partial charge in [-0.3, -0.25) is 4.79 Å². The van der Waals surface area contributed by atoms with Gasteiger partial charge in [-0.2, -0.15) is 0 Å². The molecule has 1 aliphatic carbocycles. The second-order valence-electron chi connectivity index (χ2n) is 4.84. The minimum Gasteiger partial charge on any atom is -0.370 e. The quantitative estimate of drug-likeness (QED) is 0.530. The highest BCUT2D eigenvalue weighted by atomic mass is 16.5. The number of carbonyl (C=O) groups is 1. The molecule has 0 amide bonds. The summed E-state index contributed by atoms with van der Waals surface area (Å²) in [5, 5.41) is 0. The van der Waals surface area contributed by atoms with E-state index in [4.69, 9.17) is 4.74 Å². The van der Waals surface area contributed by atoms with Crippen LogP contribution in [-0.4, -0.2) is 18.5 Å². The molecule has 16 heavy (non-hydrogen) atoms.